The van der Waals surface area contributed by atoms with Crippen LogP contribution in [0.2, 0.25) is 0 Å². The maximum absolute atomic E-state index is 12.4. The minimum absolute atomic E-state index is 0.0768. The standard InChI is InChI=1S/C16H22N4O2S/c1-10(2)14-8-20-6-11(5-12(20)9-22-14)17-15(21)13-7-19-3-4-23-16(19)18-13/h3-4,7,10-12,14H,5-6,8-9H2,1-2H3,(H,17,21)/t11-,12+,14+/m1/s1. The summed E-state index contributed by atoms with van der Waals surface area (Å²) >= 11 is 1.53. The molecule has 4 rings (SSSR count). The number of aromatic nitrogens is 2. The Bertz CT molecular complexity index is 681. The minimum Gasteiger partial charge on any atom is -0.375 e. The van der Waals surface area contributed by atoms with Crippen molar-refractivity contribution < 1.29 is 9.53 Å². The van der Waals surface area contributed by atoms with E-state index in [1.54, 1.807) is 6.20 Å². The number of rotatable bonds is 3. The first-order valence-corrected chi connectivity index (χ1v) is 9.07. The molecule has 2 saturated heterocycles. The van der Waals surface area contributed by atoms with Gasteiger partial charge in [0.1, 0.15) is 5.69 Å². The first-order valence-electron chi connectivity index (χ1n) is 8.19. The summed E-state index contributed by atoms with van der Waals surface area (Å²) in [5.74, 6) is 0.454. The van der Waals surface area contributed by atoms with Crippen LogP contribution in [-0.4, -0.2) is 58.1 Å². The third kappa shape index (κ3) is 2.88. The number of hydrogen-bond acceptors (Lipinski definition) is 5. The Morgan fingerprint density at radius 2 is 2.35 bits per heavy atom. The van der Waals surface area contributed by atoms with Crippen LogP contribution in [0, 0.1) is 5.92 Å². The third-order valence-corrected chi connectivity index (χ3v) is 5.62. The smallest absolute Gasteiger partial charge is 0.271 e. The van der Waals surface area contributed by atoms with E-state index in [0.717, 1.165) is 31.1 Å². The van der Waals surface area contributed by atoms with Crippen molar-refractivity contribution in [3.8, 4) is 0 Å². The van der Waals surface area contributed by atoms with Gasteiger partial charge in [0, 0.05) is 42.9 Å². The highest BCUT2D eigenvalue weighted by Gasteiger charge is 2.38. The summed E-state index contributed by atoms with van der Waals surface area (Å²) in [6.45, 7) is 7.05. The SMILES string of the molecule is CC(C)[C@@H]1CN2C[C@H](NC(=O)c3cn4ccsc4n3)C[C@H]2CO1. The highest BCUT2D eigenvalue weighted by atomic mass is 32.1. The fourth-order valence-electron chi connectivity index (χ4n) is 3.50. The summed E-state index contributed by atoms with van der Waals surface area (Å²) in [4.78, 5) is 20.1. The Morgan fingerprint density at radius 1 is 1.48 bits per heavy atom. The van der Waals surface area contributed by atoms with Crippen molar-refractivity contribution in [1.29, 1.82) is 0 Å². The molecule has 2 aromatic heterocycles. The van der Waals surface area contributed by atoms with Crippen LogP contribution in [0.1, 0.15) is 30.8 Å². The van der Waals surface area contributed by atoms with Gasteiger partial charge in [0.25, 0.3) is 5.91 Å². The van der Waals surface area contributed by atoms with Gasteiger partial charge in [-0.25, -0.2) is 4.98 Å². The van der Waals surface area contributed by atoms with E-state index < -0.39 is 0 Å². The zero-order chi connectivity index (χ0) is 16.0. The van der Waals surface area contributed by atoms with Crippen LogP contribution in [0.3, 0.4) is 0 Å². The van der Waals surface area contributed by atoms with Crippen LogP contribution in [0.15, 0.2) is 17.8 Å². The van der Waals surface area contributed by atoms with E-state index in [9.17, 15) is 4.79 Å². The quantitative estimate of drug-likeness (QED) is 0.927. The molecule has 2 aliphatic heterocycles. The van der Waals surface area contributed by atoms with Crippen LogP contribution < -0.4 is 5.32 Å². The topological polar surface area (TPSA) is 58.9 Å². The lowest BCUT2D eigenvalue weighted by Crippen LogP contribution is -2.48. The van der Waals surface area contributed by atoms with Crippen LogP contribution in [0.4, 0.5) is 0 Å². The van der Waals surface area contributed by atoms with Crippen LogP contribution >= 0.6 is 11.3 Å². The first-order chi connectivity index (χ1) is 11.1. The van der Waals surface area contributed by atoms with Crippen molar-refractivity contribution in [2.45, 2.75) is 38.5 Å². The molecule has 2 aromatic rings. The molecular formula is C16H22N4O2S. The lowest BCUT2D eigenvalue weighted by molar-refractivity contribution is -0.0683. The van der Waals surface area contributed by atoms with Crippen molar-refractivity contribution in [3.63, 3.8) is 0 Å². The fraction of sp³-hybridized carbons (Fsp3) is 0.625. The van der Waals surface area contributed by atoms with E-state index in [2.05, 4.69) is 29.0 Å². The predicted octanol–water partition coefficient (Wildman–Crippen LogP) is 1.62. The van der Waals surface area contributed by atoms with E-state index >= 15 is 0 Å². The van der Waals surface area contributed by atoms with Gasteiger partial charge >= 0.3 is 0 Å². The average Bonchev–Trinajstić information content (AvgIpc) is 3.19. The van der Waals surface area contributed by atoms with E-state index in [1.165, 1.54) is 11.3 Å². The monoisotopic (exact) mass is 334 g/mol. The summed E-state index contributed by atoms with van der Waals surface area (Å²) in [7, 11) is 0. The van der Waals surface area contributed by atoms with Gasteiger partial charge < -0.3 is 10.1 Å². The predicted molar refractivity (Wildman–Crippen MR) is 88.9 cm³/mol. The number of nitrogens with one attached hydrogen (secondary N) is 1. The normalized spacial score (nSPS) is 28.4. The lowest BCUT2D eigenvalue weighted by Gasteiger charge is -2.36. The number of carbonyl (C=O) groups excluding carboxylic acids is 1. The van der Waals surface area contributed by atoms with Crippen molar-refractivity contribution in [2.75, 3.05) is 19.7 Å². The zero-order valence-corrected chi connectivity index (χ0v) is 14.3. The Hall–Kier alpha value is -1.44. The molecule has 0 saturated carbocycles. The molecule has 0 spiro atoms. The van der Waals surface area contributed by atoms with E-state index in [4.69, 9.17) is 4.74 Å². The number of imidazole rings is 1. The average molecular weight is 334 g/mol. The van der Waals surface area contributed by atoms with Gasteiger partial charge in [0.05, 0.1) is 12.7 Å². The molecule has 7 heteroatoms. The second kappa shape index (κ2) is 5.89. The number of carbonyl (C=O) groups is 1. The number of nitrogens with zero attached hydrogens (tertiary/aromatic N) is 3. The number of ether oxygens (including phenoxy) is 1. The second-order valence-corrected chi connectivity index (χ2v) is 7.72. The molecule has 2 aliphatic rings. The molecule has 23 heavy (non-hydrogen) atoms. The number of hydrogen-bond donors (Lipinski definition) is 1. The third-order valence-electron chi connectivity index (χ3n) is 4.85. The molecule has 2 fully saturated rings. The Kier molecular flexibility index (Phi) is 3.87. The van der Waals surface area contributed by atoms with Gasteiger partial charge in [0.2, 0.25) is 0 Å². The number of thiazole rings is 1. The van der Waals surface area contributed by atoms with Gasteiger partial charge in [-0.3, -0.25) is 14.1 Å². The van der Waals surface area contributed by atoms with Gasteiger partial charge in [-0.05, 0) is 12.3 Å². The molecule has 124 valence electrons. The van der Waals surface area contributed by atoms with Crippen LogP contribution in [-0.2, 0) is 4.74 Å². The molecule has 1 N–H and O–H groups in total. The minimum atomic E-state index is -0.0768. The zero-order valence-electron chi connectivity index (χ0n) is 13.4. The largest absolute Gasteiger partial charge is 0.375 e. The van der Waals surface area contributed by atoms with Crippen LogP contribution in [0.5, 0.6) is 0 Å². The first kappa shape index (κ1) is 15.1. The number of amides is 1. The van der Waals surface area contributed by atoms with E-state index in [0.29, 0.717) is 23.8 Å². The molecule has 0 unspecified atom stereocenters. The van der Waals surface area contributed by atoms with E-state index in [1.807, 2.05) is 16.0 Å². The molecule has 3 atom stereocenters. The summed E-state index contributed by atoms with van der Waals surface area (Å²) < 4.78 is 7.84. The van der Waals surface area contributed by atoms with E-state index in [-0.39, 0.29) is 11.9 Å². The molecule has 4 heterocycles. The Labute approximate surface area is 139 Å². The van der Waals surface area contributed by atoms with Crippen molar-refractivity contribution in [2.24, 2.45) is 5.92 Å². The molecule has 0 aliphatic carbocycles. The number of morpholine rings is 1. The molecule has 0 bridgehead atoms. The van der Waals surface area contributed by atoms with Gasteiger partial charge in [-0.1, -0.05) is 13.8 Å². The Balaban J connectivity index is 1.38. The van der Waals surface area contributed by atoms with Crippen molar-refractivity contribution in [1.82, 2.24) is 19.6 Å². The molecule has 6 nitrogen and oxygen atoms in total. The van der Waals surface area contributed by atoms with Crippen molar-refractivity contribution >= 4 is 22.2 Å². The van der Waals surface area contributed by atoms with Crippen LogP contribution in [0.25, 0.3) is 4.96 Å². The maximum atomic E-state index is 12.4. The molecule has 0 radical (unpaired) electrons. The fourth-order valence-corrected chi connectivity index (χ4v) is 4.20. The van der Waals surface area contributed by atoms with Crippen molar-refractivity contribution in [3.05, 3.63) is 23.5 Å². The lowest BCUT2D eigenvalue weighted by atomic mass is 10.0. The summed E-state index contributed by atoms with van der Waals surface area (Å²) in [6.07, 6.45) is 4.98. The molecular weight excluding hydrogens is 312 g/mol. The Morgan fingerprint density at radius 3 is 3.13 bits per heavy atom. The maximum Gasteiger partial charge on any atom is 0.271 e. The van der Waals surface area contributed by atoms with Gasteiger partial charge in [-0.2, -0.15) is 0 Å². The summed E-state index contributed by atoms with van der Waals surface area (Å²) in [5, 5.41) is 5.10. The number of fused-ring (bicyclic) bond motifs is 2. The highest BCUT2D eigenvalue weighted by molar-refractivity contribution is 7.15. The van der Waals surface area contributed by atoms with Gasteiger partial charge in [0.15, 0.2) is 4.96 Å². The molecule has 1 amide bonds. The summed E-state index contributed by atoms with van der Waals surface area (Å²) in [6, 6.07) is 0.613. The highest BCUT2D eigenvalue weighted by Crippen LogP contribution is 2.26. The van der Waals surface area contributed by atoms with Gasteiger partial charge in [-0.15, -0.1) is 11.3 Å². The summed E-state index contributed by atoms with van der Waals surface area (Å²) in [5.41, 5.74) is 0.498. The second-order valence-electron chi connectivity index (χ2n) is 6.85. The molecule has 0 aromatic carbocycles.